The average Bonchev–Trinajstić information content (AvgIpc) is 3.11. The number of hydrogen-bond donors (Lipinski definition) is 0. The van der Waals surface area contributed by atoms with Gasteiger partial charge in [-0.3, -0.25) is 4.57 Å². The Balaban J connectivity index is 1.37. The van der Waals surface area contributed by atoms with Gasteiger partial charge in [0, 0.05) is 24.7 Å². The van der Waals surface area contributed by atoms with Crippen LogP contribution >= 0.6 is 11.8 Å². The molecule has 7 nitrogen and oxygen atoms in total. The highest BCUT2D eigenvalue weighted by Gasteiger charge is 2.33. The Hall–Kier alpha value is -2.35. The lowest BCUT2D eigenvalue weighted by Gasteiger charge is -2.18. The molecule has 0 radical (unpaired) electrons. The summed E-state index contributed by atoms with van der Waals surface area (Å²) < 4.78 is 8.24. The van der Waals surface area contributed by atoms with Crippen molar-refractivity contribution in [2.45, 2.75) is 49.1 Å². The minimum absolute atomic E-state index is 0.0168. The van der Waals surface area contributed by atoms with Gasteiger partial charge in [0.05, 0.1) is 5.25 Å². The van der Waals surface area contributed by atoms with Gasteiger partial charge < -0.3 is 9.32 Å². The molecule has 1 saturated carbocycles. The van der Waals surface area contributed by atoms with Crippen LogP contribution in [-0.4, -0.2) is 38.1 Å². The number of hydrogen-bond acceptors (Lipinski definition) is 7. The molecule has 1 atom stereocenters. The lowest BCUT2D eigenvalue weighted by molar-refractivity contribution is 0.508. The lowest BCUT2D eigenvalue weighted by atomic mass is 10.2. The highest BCUT2D eigenvalue weighted by atomic mass is 32.2. The van der Waals surface area contributed by atoms with E-state index in [0.29, 0.717) is 17.8 Å². The molecule has 1 saturated heterocycles. The van der Waals surface area contributed by atoms with E-state index < -0.39 is 0 Å². The van der Waals surface area contributed by atoms with Crippen molar-refractivity contribution >= 4 is 17.7 Å². The van der Waals surface area contributed by atoms with Crippen molar-refractivity contribution in [3.63, 3.8) is 0 Å². The maximum absolute atomic E-state index is 5.92. The van der Waals surface area contributed by atoms with Crippen LogP contribution in [0, 0.1) is 0 Å². The maximum Gasteiger partial charge on any atom is 0.247 e. The summed E-state index contributed by atoms with van der Waals surface area (Å²) in [7, 11) is 0. The Labute approximate surface area is 162 Å². The number of anilines is 1. The Bertz CT molecular complexity index is 913. The largest absolute Gasteiger partial charge is 0.419 e. The van der Waals surface area contributed by atoms with E-state index in [9.17, 15) is 0 Å². The van der Waals surface area contributed by atoms with E-state index in [1.807, 2.05) is 30.3 Å². The zero-order valence-corrected chi connectivity index (χ0v) is 16.1. The maximum atomic E-state index is 5.92. The van der Waals surface area contributed by atoms with Crippen LogP contribution in [0.2, 0.25) is 0 Å². The fraction of sp³-hybridized carbons (Fsp3) is 0.474. The Morgan fingerprint density at radius 1 is 1.04 bits per heavy atom. The van der Waals surface area contributed by atoms with Crippen LogP contribution in [0.4, 0.5) is 5.95 Å². The number of rotatable bonds is 6. The second kappa shape index (κ2) is 6.99. The molecule has 27 heavy (non-hydrogen) atoms. The number of thioether (sulfide) groups is 1. The molecule has 5 rings (SSSR count). The molecule has 2 fully saturated rings. The van der Waals surface area contributed by atoms with Crippen molar-refractivity contribution in [3.05, 3.63) is 36.2 Å². The first kappa shape index (κ1) is 16.8. The van der Waals surface area contributed by atoms with Crippen LogP contribution in [0.1, 0.15) is 49.8 Å². The number of nitrogens with zero attached hydrogens (tertiary/aromatic N) is 6. The fourth-order valence-electron chi connectivity index (χ4n) is 3.44. The number of benzene rings is 1. The molecule has 3 heterocycles. The van der Waals surface area contributed by atoms with Crippen LogP contribution in [0.5, 0.6) is 0 Å². The molecule has 0 N–H and O–H groups in total. The third-order valence-corrected chi connectivity index (χ3v) is 6.08. The third kappa shape index (κ3) is 3.34. The fourth-order valence-corrected chi connectivity index (χ4v) is 4.38. The predicted octanol–water partition coefficient (Wildman–Crippen LogP) is 4.12. The van der Waals surface area contributed by atoms with Gasteiger partial charge >= 0.3 is 0 Å². The molecule has 1 aliphatic heterocycles. The lowest BCUT2D eigenvalue weighted by Crippen LogP contribution is -2.22. The van der Waals surface area contributed by atoms with Crippen molar-refractivity contribution in [2.75, 3.05) is 18.0 Å². The quantitative estimate of drug-likeness (QED) is 0.594. The SMILES string of the molecule is C[C@@H](Sc1nnc(N2CCCC2)n1C1CC1)c1nnc(-c2ccccc2)o1. The Kier molecular flexibility index (Phi) is 4.35. The standard InChI is InChI=1S/C19H22N6OS/c1-13(16-20-21-17(26-16)14-7-3-2-4-8-14)27-19-23-22-18(24-11-5-6-12-24)25(19)15-9-10-15/h2-4,7-8,13,15H,5-6,9-12H2,1H3/t13-/m1/s1. The summed E-state index contributed by atoms with van der Waals surface area (Å²) in [6, 6.07) is 10.4. The molecular weight excluding hydrogens is 360 g/mol. The average molecular weight is 382 g/mol. The number of aromatic nitrogens is 5. The van der Waals surface area contributed by atoms with Crippen molar-refractivity contribution in [1.29, 1.82) is 0 Å². The zero-order chi connectivity index (χ0) is 18.2. The second-order valence-electron chi connectivity index (χ2n) is 7.15. The van der Waals surface area contributed by atoms with Crippen LogP contribution in [0.25, 0.3) is 11.5 Å². The van der Waals surface area contributed by atoms with Crippen molar-refractivity contribution < 1.29 is 4.42 Å². The van der Waals surface area contributed by atoms with Gasteiger partial charge in [-0.1, -0.05) is 30.0 Å². The second-order valence-corrected chi connectivity index (χ2v) is 8.46. The van der Waals surface area contributed by atoms with E-state index in [2.05, 4.69) is 36.8 Å². The molecule has 1 aliphatic carbocycles. The monoisotopic (exact) mass is 382 g/mol. The summed E-state index contributed by atoms with van der Waals surface area (Å²) in [5.41, 5.74) is 0.936. The van der Waals surface area contributed by atoms with Crippen molar-refractivity contribution in [3.8, 4) is 11.5 Å². The van der Waals surface area contributed by atoms with Crippen molar-refractivity contribution in [2.24, 2.45) is 0 Å². The van der Waals surface area contributed by atoms with Crippen LogP contribution in [0.3, 0.4) is 0 Å². The minimum Gasteiger partial charge on any atom is -0.419 e. The van der Waals surface area contributed by atoms with Gasteiger partial charge in [0.2, 0.25) is 17.7 Å². The summed E-state index contributed by atoms with van der Waals surface area (Å²) in [5.74, 6) is 2.20. The topological polar surface area (TPSA) is 72.9 Å². The van der Waals surface area contributed by atoms with Gasteiger partial charge in [-0.05, 0) is 44.7 Å². The van der Waals surface area contributed by atoms with Crippen LogP contribution in [0.15, 0.2) is 39.9 Å². The zero-order valence-electron chi connectivity index (χ0n) is 15.3. The van der Waals surface area contributed by atoms with Gasteiger partial charge in [0.1, 0.15) is 0 Å². The van der Waals surface area contributed by atoms with Crippen molar-refractivity contribution in [1.82, 2.24) is 25.0 Å². The molecule has 1 aromatic carbocycles. The molecular formula is C19H22N6OS. The van der Waals surface area contributed by atoms with E-state index in [0.717, 1.165) is 29.8 Å². The van der Waals surface area contributed by atoms with E-state index >= 15 is 0 Å². The van der Waals surface area contributed by atoms with E-state index in [-0.39, 0.29) is 5.25 Å². The molecule has 2 aromatic heterocycles. The highest BCUT2D eigenvalue weighted by Crippen LogP contribution is 2.44. The predicted molar refractivity (Wildman–Crippen MR) is 104 cm³/mol. The molecule has 0 unspecified atom stereocenters. The summed E-state index contributed by atoms with van der Waals surface area (Å²) >= 11 is 1.65. The first-order valence-corrected chi connectivity index (χ1v) is 10.4. The molecule has 0 spiro atoms. The summed E-state index contributed by atoms with van der Waals surface area (Å²) in [5, 5.41) is 18.4. The normalized spacial score (nSPS) is 18.2. The molecule has 8 heteroatoms. The van der Waals surface area contributed by atoms with Gasteiger partial charge in [0.15, 0.2) is 5.16 Å². The first-order chi connectivity index (χ1) is 13.3. The van der Waals surface area contributed by atoms with E-state index in [1.165, 1.54) is 25.7 Å². The van der Waals surface area contributed by atoms with E-state index in [4.69, 9.17) is 4.42 Å². The summed E-state index contributed by atoms with van der Waals surface area (Å²) in [6.45, 7) is 4.23. The highest BCUT2D eigenvalue weighted by molar-refractivity contribution is 7.99. The smallest absolute Gasteiger partial charge is 0.247 e. The third-order valence-electron chi connectivity index (χ3n) is 5.04. The summed E-state index contributed by atoms with van der Waals surface area (Å²) in [4.78, 5) is 2.36. The van der Waals surface area contributed by atoms with Crippen LogP contribution in [-0.2, 0) is 0 Å². The Morgan fingerprint density at radius 2 is 1.81 bits per heavy atom. The van der Waals surface area contributed by atoms with Gasteiger partial charge in [0.25, 0.3) is 0 Å². The Morgan fingerprint density at radius 3 is 2.56 bits per heavy atom. The minimum atomic E-state index is 0.0168. The summed E-state index contributed by atoms with van der Waals surface area (Å²) in [6.07, 6.45) is 4.89. The van der Waals surface area contributed by atoms with Gasteiger partial charge in [-0.15, -0.1) is 20.4 Å². The molecule has 3 aromatic rings. The first-order valence-electron chi connectivity index (χ1n) is 9.55. The molecule has 140 valence electrons. The van der Waals surface area contributed by atoms with Gasteiger partial charge in [-0.25, -0.2) is 0 Å². The van der Waals surface area contributed by atoms with Crippen LogP contribution < -0.4 is 4.90 Å². The molecule has 2 aliphatic rings. The van der Waals surface area contributed by atoms with E-state index in [1.54, 1.807) is 11.8 Å². The molecule has 0 amide bonds. The molecule has 0 bridgehead atoms. The van der Waals surface area contributed by atoms with Gasteiger partial charge in [-0.2, -0.15) is 0 Å².